The standard InChI is InChI=1S/C19H22BrF5N4O3/c1-17(2,19(23,24)25)31-16(30)29(14-11-12(20)8-9-26-14)10-6-4-5-7-13-27-15(32-28-13)18(3,21)22/h8-9,11H,4-7,10H2,1-3H3. The van der Waals surface area contributed by atoms with E-state index in [0.29, 0.717) is 30.7 Å². The van der Waals surface area contributed by atoms with Gasteiger partial charge < -0.3 is 9.26 Å². The third kappa shape index (κ3) is 7.10. The van der Waals surface area contributed by atoms with Crippen LogP contribution in [0.5, 0.6) is 0 Å². The van der Waals surface area contributed by atoms with Gasteiger partial charge in [-0.25, -0.2) is 9.78 Å². The highest BCUT2D eigenvalue weighted by Gasteiger charge is 2.51. The molecule has 0 aliphatic carbocycles. The lowest BCUT2D eigenvalue weighted by Crippen LogP contribution is -2.47. The monoisotopic (exact) mass is 528 g/mol. The Morgan fingerprint density at radius 2 is 1.84 bits per heavy atom. The number of ether oxygens (including phenoxy) is 1. The predicted molar refractivity (Wildman–Crippen MR) is 107 cm³/mol. The number of amides is 1. The van der Waals surface area contributed by atoms with Gasteiger partial charge in [0.25, 0.3) is 5.89 Å². The summed E-state index contributed by atoms with van der Waals surface area (Å²) in [7, 11) is 0. The Balaban J connectivity index is 1.98. The van der Waals surface area contributed by atoms with Crippen LogP contribution in [0.2, 0.25) is 0 Å². The molecule has 7 nitrogen and oxygen atoms in total. The van der Waals surface area contributed by atoms with Crippen LogP contribution >= 0.6 is 15.9 Å². The summed E-state index contributed by atoms with van der Waals surface area (Å²) >= 11 is 3.23. The third-order valence-electron chi connectivity index (χ3n) is 4.36. The molecule has 32 heavy (non-hydrogen) atoms. The number of unbranched alkanes of at least 4 members (excludes halogenated alkanes) is 2. The SMILES string of the molecule is CC(F)(F)c1nc(CCCCCN(C(=O)OC(C)(C)C(F)(F)F)c2cc(Br)ccn2)no1. The first-order valence-corrected chi connectivity index (χ1v) is 10.4. The summed E-state index contributed by atoms with van der Waals surface area (Å²) in [5.74, 6) is -3.75. The molecule has 2 heterocycles. The van der Waals surface area contributed by atoms with Crippen LogP contribution in [0.3, 0.4) is 0 Å². The molecule has 0 aromatic carbocycles. The summed E-state index contributed by atoms with van der Waals surface area (Å²) in [5.41, 5.74) is -2.69. The summed E-state index contributed by atoms with van der Waals surface area (Å²) in [5, 5.41) is 3.49. The molecular weight excluding hydrogens is 507 g/mol. The largest absolute Gasteiger partial charge is 0.433 e. The zero-order chi connectivity index (χ0) is 24.2. The van der Waals surface area contributed by atoms with E-state index in [1.165, 1.54) is 12.3 Å². The lowest BCUT2D eigenvalue weighted by Gasteiger charge is -2.31. The van der Waals surface area contributed by atoms with Crippen molar-refractivity contribution < 1.29 is 36.0 Å². The number of pyridine rings is 1. The molecule has 1 amide bonds. The van der Waals surface area contributed by atoms with Gasteiger partial charge in [0.2, 0.25) is 5.60 Å². The van der Waals surface area contributed by atoms with Crippen LogP contribution in [-0.2, 0) is 17.1 Å². The normalized spacial score (nSPS) is 12.7. The lowest BCUT2D eigenvalue weighted by atomic mass is 10.1. The van der Waals surface area contributed by atoms with Crippen molar-refractivity contribution in [1.82, 2.24) is 15.1 Å². The van der Waals surface area contributed by atoms with Gasteiger partial charge in [-0.15, -0.1) is 0 Å². The zero-order valence-electron chi connectivity index (χ0n) is 17.5. The second-order valence-electron chi connectivity index (χ2n) is 7.57. The number of hydrogen-bond donors (Lipinski definition) is 0. The molecule has 0 bridgehead atoms. The maximum Gasteiger partial charge on any atom is 0.427 e. The van der Waals surface area contributed by atoms with E-state index in [1.807, 2.05) is 0 Å². The molecular formula is C19H22BrF5N4O3. The van der Waals surface area contributed by atoms with Crippen molar-refractivity contribution in [3.63, 3.8) is 0 Å². The van der Waals surface area contributed by atoms with Gasteiger partial charge >= 0.3 is 18.2 Å². The number of alkyl halides is 5. The number of halogens is 6. The Hall–Kier alpha value is -2.31. The third-order valence-corrected chi connectivity index (χ3v) is 4.85. The molecule has 2 aromatic rings. The molecule has 0 saturated heterocycles. The van der Waals surface area contributed by atoms with Crippen molar-refractivity contribution in [2.45, 2.75) is 64.2 Å². The molecule has 178 valence electrons. The molecule has 0 N–H and O–H groups in total. The van der Waals surface area contributed by atoms with Crippen molar-refractivity contribution in [1.29, 1.82) is 0 Å². The molecule has 2 aromatic heterocycles. The summed E-state index contributed by atoms with van der Waals surface area (Å²) in [6.45, 7) is 2.20. The van der Waals surface area contributed by atoms with Gasteiger partial charge in [0, 0.05) is 30.6 Å². The summed E-state index contributed by atoms with van der Waals surface area (Å²) in [6.07, 6.45) is -2.91. The van der Waals surface area contributed by atoms with Gasteiger partial charge in [0.05, 0.1) is 0 Å². The zero-order valence-corrected chi connectivity index (χ0v) is 19.1. The fourth-order valence-electron chi connectivity index (χ4n) is 2.44. The summed E-state index contributed by atoms with van der Waals surface area (Å²) in [6, 6.07) is 3.08. The van der Waals surface area contributed by atoms with E-state index >= 15 is 0 Å². The van der Waals surface area contributed by atoms with E-state index in [0.717, 1.165) is 18.7 Å². The van der Waals surface area contributed by atoms with E-state index in [9.17, 15) is 26.7 Å². The van der Waals surface area contributed by atoms with E-state index in [4.69, 9.17) is 4.74 Å². The summed E-state index contributed by atoms with van der Waals surface area (Å²) < 4.78 is 75.5. The number of carbonyl (C=O) groups is 1. The van der Waals surface area contributed by atoms with Crippen molar-refractivity contribution >= 4 is 27.8 Å². The quantitative estimate of drug-likeness (QED) is 0.291. The molecule has 0 atom stereocenters. The number of anilines is 1. The second-order valence-corrected chi connectivity index (χ2v) is 8.49. The Morgan fingerprint density at radius 3 is 2.41 bits per heavy atom. The average molecular weight is 529 g/mol. The van der Waals surface area contributed by atoms with Crippen LogP contribution in [0, 0.1) is 0 Å². The van der Waals surface area contributed by atoms with E-state index in [1.54, 1.807) is 6.07 Å². The van der Waals surface area contributed by atoms with Gasteiger partial charge in [-0.2, -0.15) is 26.9 Å². The minimum Gasteiger partial charge on any atom is -0.433 e. The molecule has 2 rings (SSSR count). The minimum atomic E-state index is -4.75. The molecule has 0 aliphatic rings. The molecule has 0 fully saturated rings. The Kier molecular flexibility index (Phi) is 8.18. The van der Waals surface area contributed by atoms with Crippen LogP contribution < -0.4 is 4.90 Å². The summed E-state index contributed by atoms with van der Waals surface area (Å²) in [4.78, 5) is 21.2. The Bertz CT molecular complexity index is 915. The number of aromatic nitrogens is 3. The topological polar surface area (TPSA) is 81.4 Å². The van der Waals surface area contributed by atoms with Gasteiger partial charge in [-0.3, -0.25) is 4.90 Å². The maximum atomic E-state index is 13.1. The van der Waals surface area contributed by atoms with Gasteiger partial charge in [0.15, 0.2) is 5.82 Å². The second kappa shape index (κ2) is 10.1. The first kappa shape index (κ1) is 25.9. The van der Waals surface area contributed by atoms with E-state index < -0.39 is 29.7 Å². The number of nitrogens with zero attached hydrogens (tertiary/aromatic N) is 4. The average Bonchev–Trinajstić information content (AvgIpc) is 3.12. The number of carbonyl (C=O) groups excluding carboxylic acids is 1. The number of aryl methyl sites for hydroxylation is 1. The molecule has 0 radical (unpaired) electrons. The smallest absolute Gasteiger partial charge is 0.427 e. The van der Waals surface area contributed by atoms with E-state index in [2.05, 4.69) is 35.6 Å². The molecule has 13 heteroatoms. The van der Waals surface area contributed by atoms with Crippen LogP contribution in [0.4, 0.5) is 32.6 Å². The van der Waals surface area contributed by atoms with Crippen molar-refractivity contribution in [2.75, 3.05) is 11.4 Å². The highest BCUT2D eigenvalue weighted by atomic mass is 79.9. The van der Waals surface area contributed by atoms with Crippen molar-refractivity contribution in [3.8, 4) is 0 Å². The minimum absolute atomic E-state index is 0.0285. The van der Waals surface area contributed by atoms with Crippen LogP contribution in [0.15, 0.2) is 27.3 Å². The molecule has 0 spiro atoms. The Labute approximate surface area is 189 Å². The van der Waals surface area contributed by atoms with Crippen LogP contribution in [0.25, 0.3) is 0 Å². The number of rotatable bonds is 9. The maximum absolute atomic E-state index is 13.1. The molecule has 0 unspecified atom stereocenters. The molecule has 0 saturated carbocycles. The highest BCUT2D eigenvalue weighted by molar-refractivity contribution is 9.10. The number of hydrogen-bond acceptors (Lipinski definition) is 6. The van der Waals surface area contributed by atoms with Crippen molar-refractivity contribution in [3.05, 3.63) is 34.5 Å². The van der Waals surface area contributed by atoms with Gasteiger partial charge in [0.1, 0.15) is 5.82 Å². The van der Waals surface area contributed by atoms with Crippen molar-refractivity contribution in [2.24, 2.45) is 0 Å². The first-order chi connectivity index (χ1) is 14.7. The predicted octanol–water partition coefficient (Wildman–Crippen LogP) is 6.04. The first-order valence-electron chi connectivity index (χ1n) is 9.60. The highest BCUT2D eigenvalue weighted by Crippen LogP contribution is 2.34. The van der Waals surface area contributed by atoms with Crippen LogP contribution in [0.1, 0.15) is 51.7 Å². The fraction of sp³-hybridized carbons (Fsp3) is 0.579. The van der Waals surface area contributed by atoms with Crippen LogP contribution in [-0.4, -0.2) is 39.5 Å². The fourth-order valence-corrected chi connectivity index (χ4v) is 2.76. The van der Waals surface area contributed by atoms with Gasteiger partial charge in [-0.1, -0.05) is 27.5 Å². The lowest BCUT2D eigenvalue weighted by molar-refractivity contribution is -0.243. The molecule has 0 aliphatic heterocycles. The van der Waals surface area contributed by atoms with E-state index in [-0.39, 0.29) is 24.6 Å². The Morgan fingerprint density at radius 1 is 1.16 bits per heavy atom. The van der Waals surface area contributed by atoms with Gasteiger partial charge in [-0.05, 0) is 38.8 Å².